The number of benzene rings is 4. The fourth-order valence-corrected chi connectivity index (χ4v) is 3.23. The van der Waals surface area contributed by atoms with Crippen LogP contribution in [0, 0.1) is 0 Å². The van der Waals surface area contributed by atoms with Gasteiger partial charge in [0.25, 0.3) is 0 Å². The van der Waals surface area contributed by atoms with E-state index in [1.165, 1.54) is 21.9 Å². The van der Waals surface area contributed by atoms with Crippen LogP contribution in [0.15, 0.2) is 72.8 Å². The van der Waals surface area contributed by atoms with Gasteiger partial charge in [0.1, 0.15) is 11.5 Å². The van der Waals surface area contributed by atoms with Crippen LogP contribution in [0.25, 0.3) is 32.7 Å². The summed E-state index contributed by atoms with van der Waals surface area (Å²) >= 11 is 0. The molecule has 0 atom stereocenters. The van der Waals surface area contributed by atoms with Gasteiger partial charge in [0, 0.05) is 5.39 Å². The standard InChI is InChI=1S/C22H18O2/c1-23-18-11-17-13-21-16(9-6-10-22(21)24-2)12-19(17)20(14-18)15-7-4-3-5-8-15/h3-14H,1-2H3. The molecule has 0 saturated heterocycles. The SMILES string of the molecule is COc1cc(-c2ccccc2)c2cc3cccc(OC)c3cc2c1. The highest BCUT2D eigenvalue weighted by molar-refractivity contribution is 6.07. The molecule has 0 saturated carbocycles. The fraction of sp³-hybridized carbons (Fsp3) is 0.0909. The normalized spacial score (nSPS) is 10.9. The molecule has 0 amide bonds. The lowest BCUT2D eigenvalue weighted by Crippen LogP contribution is -1.89. The van der Waals surface area contributed by atoms with Crippen molar-refractivity contribution in [2.75, 3.05) is 14.2 Å². The number of methoxy groups -OCH3 is 2. The monoisotopic (exact) mass is 314 g/mol. The maximum absolute atomic E-state index is 5.52. The Bertz CT molecular complexity index is 1020. The molecule has 0 aliphatic carbocycles. The molecule has 0 unspecified atom stereocenters. The van der Waals surface area contributed by atoms with Crippen molar-refractivity contribution in [2.45, 2.75) is 0 Å². The summed E-state index contributed by atoms with van der Waals surface area (Å²) in [5.41, 5.74) is 2.36. The van der Waals surface area contributed by atoms with Crippen molar-refractivity contribution in [3.05, 3.63) is 72.8 Å². The third-order valence-electron chi connectivity index (χ3n) is 4.43. The second-order valence-corrected chi connectivity index (χ2v) is 5.80. The van der Waals surface area contributed by atoms with Crippen molar-refractivity contribution in [1.29, 1.82) is 0 Å². The van der Waals surface area contributed by atoms with Crippen LogP contribution in [-0.2, 0) is 0 Å². The first-order valence-electron chi connectivity index (χ1n) is 7.94. The van der Waals surface area contributed by atoms with Gasteiger partial charge >= 0.3 is 0 Å². The highest BCUT2D eigenvalue weighted by Crippen LogP contribution is 2.37. The predicted molar refractivity (Wildman–Crippen MR) is 100.0 cm³/mol. The number of fused-ring (bicyclic) bond motifs is 2. The molecule has 0 bridgehead atoms. The van der Waals surface area contributed by atoms with Crippen molar-refractivity contribution >= 4 is 21.5 Å². The maximum atomic E-state index is 5.52. The minimum atomic E-state index is 0.857. The molecule has 0 spiro atoms. The fourth-order valence-electron chi connectivity index (χ4n) is 3.23. The molecular formula is C22H18O2. The molecule has 4 rings (SSSR count). The molecular weight excluding hydrogens is 296 g/mol. The summed E-state index contributed by atoms with van der Waals surface area (Å²) in [7, 11) is 3.41. The molecule has 0 fully saturated rings. The molecule has 24 heavy (non-hydrogen) atoms. The third kappa shape index (κ3) is 2.37. The van der Waals surface area contributed by atoms with Crippen LogP contribution in [0.2, 0.25) is 0 Å². The van der Waals surface area contributed by atoms with E-state index in [1.807, 2.05) is 18.2 Å². The molecule has 4 aromatic carbocycles. The Balaban J connectivity index is 2.10. The van der Waals surface area contributed by atoms with Crippen LogP contribution >= 0.6 is 0 Å². The first kappa shape index (κ1) is 14.6. The highest BCUT2D eigenvalue weighted by atomic mass is 16.5. The zero-order valence-electron chi connectivity index (χ0n) is 13.7. The summed E-state index contributed by atoms with van der Waals surface area (Å²) < 4.78 is 11.0. The Labute approximate surface area is 141 Å². The molecule has 0 aromatic heterocycles. The smallest absolute Gasteiger partial charge is 0.126 e. The van der Waals surface area contributed by atoms with Crippen LogP contribution in [0.5, 0.6) is 11.5 Å². The van der Waals surface area contributed by atoms with Crippen molar-refractivity contribution in [2.24, 2.45) is 0 Å². The molecule has 0 aliphatic heterocycles. The van der Waals surface area contributed by atoms with Crippen LogP contribution < -0.4 is 9.47 Å². The topological polar surface area (TPSA) is 18.5 Å². The van der Waals surface area contributed by atoms with E-state index in [2.05, 4.69) is 54.6 Å². The molecule has 0 heterocycles. The minimum absolute atomic E-state index is 0.857. The molecule has 0 N–H and O–H groups in total. The Morgan fingerprint density at radius 2 is 1.42 bits per heavy atom. The summed E-state index contributed by atoms with van der Waals surface area (Å²) in [6.45, 7) is 0. The van der Waals surface area contributed by atoms with Gasteiger partial charge < -0.3 is 9.47 Å². The Kier molecular flexibility index (Phi) is 3.58. The Morgan fingerprint density at radius 1 is 0.625 bits per heavy atom. The predicted octanol–water partition coefficient (Wildman–Crippen LogP) is 5.68. The second-order valence-electron chi connectivity index (χ2n) is 5.80. The van der Waals surface area contributed by atoms with Crippen molar-refractivity contribution in [1.82, 2.24) is 0 Å². The minimum Gasteiger partial charge on any atom is -0.497 e. The van der Waals surface area contributed by atoms with E-state index in [0.717, 1.165) is 22.3 Å². The van der Waals surface area contributed by atoms with Crippen LogP contribution in [-0.4, -0.2) is 14.2 Å². The van der Waals surface area contributed by atoms with E-state index in [-0.39, 0.29) is 0 Å². The summed E-state index contributed by atoms with van der Waals surface area (Å²) in [5.74, 6) is 1.74. The van der Waals surface area contributed by atoms with Gasteiger partial charge in [-0.2, -0.15) is 0 Å². The van der Waals surface area contributed by atoms with Gasteiger partial charge in [-0.25, -0.2) is 0 Å². The molecule has 2 heteroatoms. The van der Waals surface area contributed by atoms with Crippen LogP contribution in [0.3, 0.4) is 0 Å². The van der Waals surface area contributed by atoms with Gasteiger partial charge in [-0.1, -0.05) is 42.5 Å². The summed E-state index contributed by atoms with van der Waals surface area (Å²) in [6.07, 6.45) is 0. The average Bonchev–Trinajstić information content (AvgIpc) is 2.65. The van der Waals surface area contributed by atoms with Crippen LogP contribution in [0.4, 0.5) is 0 Å². The first-order chi connectivity index (χ1) is 11.8. The molecule has 4 aromatic rings. The summed E-state index contributed by atoms with van der Waals surface area (Å²) in [6, 6.07) is 25.1. The van der Waals surface area contributed by atoms with E-state index >= 15 is 0 Å². The Morgan fingerprint density at radius 3 is 2.17 bits per heavy atom. The van der Waals surface area contributed by atoms with Gasteiger partial charge in [-0.05, 0) is 57.6 Å². The summed E-state index contributed by atoms with van der Waals surface area (Å²) in [4.78, 5) is 0. The van der Waals surface area contributed by atoms with E-state index in [9.17, 15) is 0 Å². The lowest BCUT2D eigenvalue weighted by atomic mass is 9.95. The molecule has 2 nitrogen and oxygen atoms in total. The van der Waals surface area contributed by atoms with Crippen molar-refractivity contribution in [3.63, 3.8) is 0 Å². The van der Waals surface area contributed by atoms with E-state index in [0.29, 0.717) is 0 Å². The third-order valence-corrected chi connectivity index (χ3v) is 4.43. The quantitative estimate of drug-likeness (QED) is 0.453. The number of ether oxygens (including phenoxy) is 2. The zero-order valence-corrected chi connectivity index (χ0v) is 13.7. The van der Waals surface area contributed by atoms with E-state index in [4.69, 9.17) is 9.47 Å². The molecule has 0 radical (unpaired) electrons. The van der Waals surface area contributed by atoms with Gasteiger partial charge in [-0.15, -0.1) is 0 Å². The first-order valence-corrected chi connectivity index (χ1v) is 7.94. The number of rotatable bonds is 3. The molecule has 0 aliphatic rings. The lowest BCUT2D eigenvalue weighted by Gasteiger charge is -2.13. The number of hydrogen-bond donors (Lipinski definition) is 0. The van der Waals surface area contributed by atoms with Gasteiger partial charge in [0.05, 0.1) is 14.2 Å². The van der Waals surface area contributed by atoms with Crippen molar-refractivity contribution in [3.8, 4) is 22.6 Å². The lowest BCUT2D eigenvalue weighted by molar-refractivity contribution is 0.415. The van der Waals surface area contributed by atoms with E-state index < -0.39 is 0 Å². The van der Waals surface area contributed by atoms with Crippen molar-refractivity contribution < 1.29 is 9.47 Å². The average molecular weight is 314 g/mol. The second kappa shape index (κ2) is 5.89. The zero-order chi connectivity index (χ0) is 16.5. The van der Waals surface area contributed by atoms with Crippen LogP contribution in [0.1, 0.15) is 0 Å². The maximum Gasteiger partial charge on any atom is 0.126 e. The van der Waals surface area contributed by atoms with Gasteiger partial charge in [0.2, 0.25) is 0 Å². The van der Waals surface area contributed by atoms with Gasteiger partial charge in [-0.3, -0.25) is 0 Å². The number of hydrogen-bond acceptors (Lipinski definition) is 2. The summed E-state index contributed by atoms with van der Waals surface area (Å²) in [5, 5.41) is 4.64. The molecule has 118 valence electrons. The van der Waals surface area contributed by atoms with E-state index in [1.54, 1.807) is 14.2 Å². The highest BCUT2D eigenvalue weighted by Gasteiger charge is 2.10. The Hall–Kier alpha value is -3.00. The largest absolute Gasteiger partial charge is 0.497 e. The van der Waals surface area contributed by atoms with Gasteiger partial charge in [0.15, 0.2) is 0 Å².